The number of carbonyl (C=O) groups is 1. The maximum atomic E-state index is 10.9. The Morgan fingerprint density at radius 2 is 1.87 bits per heavy atom. The van der Waals surface area contributed by atoms with Crippen LogP contribution in [0, 0.1) is 5.41 Å². The first kappa shape index (κ1) is 11.5. The van der Waals surface area contributed by atoms with Crippen molar-refractivity contribution >= 4 is 11.5 Å². The van der Waals surface area contributed by atoms with Crippen LogP contribution < -0.4 is 0 Å². The van der Waals surface area contributed by atoms with E-state index in [1.54, 1.807) is 13.8 Å². The van der Waals surface area contributed by atoms with Crippen molar-refractivity contribution in [3.05, 3.63) is 42.5 Å². The predicted molar refractivity (Wildman–Crippen MR) is 61.5 cm³/mol. The van der Waals surface area contributed by atoms with Crippen LogP contribution in [-0.4, -0.2) is 11.1 Å². The summed E-state index contributed by atoms with van der Waals surface area (Å²) in [7, 11) is 0. The molecule has 0 bridgehead atoms. The highest BCUT2D eigenvalue weighted by Gasteiger charge is 2.27. The molecule has 0 fully saturated rings. The van der Waals surface area contributed by atoms with Crippen LogP contribution in [0.1, 0.15) is 25.8 Å². The summed E-state index contributed by atoms with van der Waals surface area (Å²) in [6.45, 7) is 7.35. The van der Waals surface area contributed by atoms with Crippen LogP contribution in [0.4, 0.5) is 0 Å². The van der Waals surface area contributed by atoms with Gasteiger partial charge in [-0.3, -0.25) is 4.79 Å². The molecule has 1 N–H and O–H groups in total. The van der Waals surface area contributed by atoms with Gasteiger partial charge in [-0.15, -0.1) is 0 Å². The van der Waals surface area contributed by atoms with Crippen molar-refractivity contribution in [1.82, 2.24) is 0 Å². The minimum atomic E-state index is -0.792. The van der Waals surface area contributed by atoms with Gasteiger partial charge in [-0.25, -0.2) is 0 Å². The van der Waals surface area contributed by atoms with E-state index in [4.69, 9.17) is 5.11 Å². The van der Waals surface area contributed by atoms with Crippen LogP contribution in [-0.2, 0) is 4.79 Å². The fourth-order valence-corrected chi connectivity index (χ4v) is 1.39. The molecule has 0 aliphatic rings. The van der Waals surface area contributed by atoms with E-state index in [0.29, 0.717) is 6.42 Å². The highest BCUT2D eigenvalue weighted by molar-refractivity contribution is 5.77. The van der Waals surface area contributed by atoms with E-state index in [1.165, 1.54) is 0 Å². The third-order valence-electron chi connectivity index (χ3n) is 2.42. The van der Waals surface area contributed by atoms with Crippen LogP contribution in [0.15, 0.2) is 36.9 Å². The number of aliphatic carboxylic acids is 1. The van der Waals surface area contributed by atoms with E-state index < -0.39 is 11.4 Å². The molecule has 1 aromatic carbocycles. The molecule has 1 aromatic rings. The zero-order valence-corrected chi connectivity index (χ0v) is 9.16. The first-order chi connectivity index (χ1) is 6.93. The molecular formula is C13H16O2. The number of carboxylic acids is 1. The minimum Gasteiger partial charge on any atom is -0.481 e. The van der Waals surface area contributed by atoms with Crippen LogP contribution in [0.3, 0.4) is 0 Å². The fourth-order valence-electron chi connectivity index (χ4n) is 1.39. The van der Waals surface area contributed by atoms with Crippen molar-refractivity contribution < 1.29 is 9.90 Å². The molecule has 0 spiro atoms. The van der Waals surface area contributed by atoms with Crippen LogP contribution >= 0.6 is 0 Å². The molecule has 0 radical (unpaired) electrons. The van der Waals surface area contributed by atoms with Gasteiger partial charge in [0.05, 0.1) is 5.41 Å². The fraction of sp³-hybridized carbons (Fsp3) is 0.308. The summed E-state index contributed by atoms with van der Waals surface area (Å²) < 4.78 is 0. The van der Waals surface area contributed by atoms with Crippen molar-refractivity contribution in [3.63, 3.8) is 0 Å². The van der Waals surface area contributed by atoms with E-state index in [1.807, 2.05) is 30.3 Å². The number of allylic oxidation sites excluding steroid dienone is 1. The number of hydrogen-bond donors (Lipinski definition) is 1. The standard InChI is InChI=1S/C13H16O2/c1-10(9-13(2,3)12(14)15)11-7-5-4-6-8-11/h4-8H,1,9H2,2-3H3,(H,14,15). The largest absolute Gasteiger partial charge is 0.481 e. The summed E-state index contributed by atoms with van der Waals surface area (Å²) in [6, 6.07) is 9.67. The lowest BCUT2D eigenvalue weighted by atomic mass is 9.84. The number of hydrogen-bond acceptors (Lipinski definition) is 1. The zero-order chi connectivity index (χ0) is 11.5. The summed E-state index contributed by atoms with van der Waals surface area (Å²) in [5, 5.41) is 9.00. The van der Waals surface area contributed by atoms with Crippen molar-refractivity contribution in [2.24, 2.45) is 5.41 Å². The Bertz CT molecular complexity index is 363. The highest BCUT2D eigenvalue weighted by atomic mass is 16.4. The summed E-state index contributed by atoms with van der Waals surface area (Å²) in [5.74, 6) is -0.792. The first-order valence-corrected chi connectivity index (χ1v) is 4.90. The van der Waals surface area contributed by atoms with Gasteiger partial charge < -0.3 is 5.11 Å². The molecule has 80 valence electrons. The van der Waals surface area contributed by atoms with Gasteiger partial charge >= 0.3 is 5.97 Å². The molecule has 0 saturated carbocycles. The van der Waals surface area contributed by atoms with Gasteiger partial charge in [0.15, 0.2) is 0 Å². The van der Waals surface area contributed by atoms with Crippen molar-refractivity contribution in [2.75, 3.05) is 0 Å². The molecule has 0 aromatic heterocycles. The smallest absolute Gasteiger partial charge is 0.309 e. The third kappa shape index (κ3) is 2.94. The van der Waals surface area contributed by atoms with Gasteiger partial charge in [-0.05, 0) is 31.4 Å². The number of rotatable bonds is 4. The molecule has 2 heteroatoms. The lowest BCUT2D eigenvalue weighted by molar-refractivity contribution is -0.146. The Labute approximate surface area is 90.3 Å². The molecule has 2 nitrogen and oxygen atoms in total. The Hall–Kier alpha value is -1.57. The summed E-state index contributed by atoms with van der Waals surface area (Å²) in [5.41, 5.74) is 1.11. The molecule has 0 heterocycles. The van der Waals surface area contributed by atoms with Crippen molar-refractivity contribution in [2.45, 2.75) is 20.3 Å². The minimum absolute atomic E-state index is 0.465. The van der Waals surface area contributed by atoms with Gasteiger partial charge in [0.1, 0.15) is 0 Å². The second-order valence-corrected chi connectivity index (χ2v) is 4.34. The molecule has 0 amide bonds. The van der Waals surface area contributed by atoms with E-state index in [-0.39, 0.29) is 0 Å². The SMILES string of the molecule is C=C(CC(C)(C)C(=O)O)c1ccccc1. The second-order valence-electron chi connectivity index (χ2n) is 4.34. The molecule has 15 heavy (non-hydrogen) atoms. The number of carboxylic acid groups (broad SMARTS) is 1. The van der Waals surface area contributed by atoms with Crippen molar-refractivity contribution in [1.29, 1.82) is 0 Å². The van der Waals surface area contributed by atoms with Gasteiger partial charge in [-0.2, -0.15) is 0 Å². The van der Waals surface area contributed by atoms with Crippen LogP contribution in [0.5, 0.6) is 0 Å². The van der Waals surface area contributed by atoms with Gasteiger partial charge in [0.2, 0.25) is 0 Å². The quantitative estimate of drug-likeness (QED) is 0.817. The third-order valence-corrected chi connectivity index (χ3v) is 2.42. The van der Waals surface area contributed by atoms with E-state index >= 15 is 0 Å². The molecule has 0 atom stereocenters. The molecule has 0 aliphatic carbocycles. The molecule has 1 rings (SSSR count). The highest BCUT2D eigenvalue weighted by Crippen LogP contribution is 2.29. The van der Waals surface area contributed by atoms with Gasteiger partial charge in [0, 0.05) is 0 Å². The van der Waals surface area contributed by atoms with Crippen molar-refractivity contribution in [3.8, 4) is 0 Å². The maximum absolute atomic E-state index is 10.9. The monoisotopic (exact) mass is 204 g/mol. The summed E-state index contributed by atoms with van der Waals surface area (Å²) >= 11 is 0. The Morgan fingerprint density at radius 1 is 1.33 bits per heavy atom. The topological polar surface area (TPSA) is 37.3 Å². The van der Waals surface area contributed by atoms with E-state index in [0.717, 1.165) is 11.1 Å². The Morgan fingerprint density at radius 3 is 2.33 bits per heavy atom. The molecule has 0 unspecified atom stereocenters. The molecule has 0 saturated heterocycles. The second kappa shape index (κ2) is 4.30. The maximum Gasteiger partial charge on any atom is 0.309 e. The lowest BCUT2D eigenvalue weighted by Crippen LogP contribution is -2.23. The van der Waals surface area contributed by atoms with Crippen LogP contribution in [0.25, 0.3) is 5.57 Å². The summed E-state index contributed by atoms with van der Waals surface area (Å²) in [4.78, 5) is 10.9. The average Bonchev–Trinajstić information content (AvgIpc) is 2.18. The summed E-state index contributed by atoms with van der Waals surface area (Å²) in [6.07, 6.45) is 0.465. The van der Waals surface area contributed by atoms with E-state index in [2.05, 4.69) is 6.58 Å². The first-order valence-electron chi connectivity index (χ1n) is 4.90. The predicted octanol–water partition coefficient (Wildman–Crippen LogP) is 3.20. The zero-order valence-electron chi connectivity index (χ0n) is 9.16. The normalized spacial score (nSPS) is 11.1. The van der Waals surface area contributed by atoms with Crippen LogP contribution in [0.2, 0.25) is 0 Å². The molecular weight excluding hydrogens is 188 g/mol. The lowest BCUT2D eigenvalue weighted by Gasteiger charge is -2.20. The van der Waals surface area contributed by atoms with Gasteiger partial charge in [-0.1, -0.05) is 36.9 Å². The molecule has 0 aliphatic heterocycles. The Balaban J connectivity index is 2.77. The van der Waals surface area contributed by atoms with Gasteiger partial charge in [0.25, 0.3) is 0 Å². The average molecular weight is 204 g/mol. The van der Waals surface area contributed by atoms with E-state index in [9.17, 15) is 4.79 Å². The number of benzene rings is 1. The Kier molecular flexibility index (Phi) is 3.30.